The van der Waals surface area contributed by atoms with Crippen LogP contribution in [0, 0.1) is 0 Å². The summed E-state index contributed by atoms with van der Waals surface area (Å²) in [6.45, 7) is 2.79. The van der Waals surface area contributed by atoms with Gasteiger partial charge in [0.25, 0.3) is 0 Å². The van der Waals surface area contributed by atoms with E-state index in [1.807, 2.05) is 6.92 Å². The maximum Gasteiger partial charge on any atom is 0.454 e. The lowest BCUT2D eigenvalue weighted by Crippen LogP contribution is -2.57. The second kappa shape index (κ2) is 15.4. The maximum absolute atomic E-state index is 13.4. The number of likely N-dealkylation sites (tertiary alicyclic amines) is 1. The molecule has 0 aliphatic carbocycles. The molecule has 0 spiro atoms. The van der Waals surface area contributed by atoms with Crippen molar-refractivity contribution in [2.75, 3.05) is 19.7 Å². The molecule has 0 saturated carbocycles. The van der Waals surface area contributed by atoms with Gasteiger partial charge < -0.3 is 46.8 Å². The van der Waals surface area contributed by atoms with Gasteiger partial charge in [-0.05, 0) is 54.6 Å². The summed E-state index contributed by atoms with van der Waals surface area (Å²) >= 11 is 0. The van der Waals surface area contributed by atoms with E-state index < -0.39 is 48.5 Å². The van der Waals surface area contributed by atoms with E-state index in [4.69, 9.17) is 21.3 Å². The molecule has 2 amide bonds. The summed E-state index contributed by atoms with van der Waals surface area (Å²) in [5.74, 6) is -0.959. The topological polar surface area (TPSA) is 185 Å². The van der Waals surface area contributed by atoms with Crippen molar-refractivity contribution in [2.24, 2.45) is 16.6 Å². The average Bonchev–Trinajstić information content (AvgIpc) is 2.99. The number of amides is 2. The van der Waals surface area contributed by atoms with Gasteiger partial charge >= 0.3 is 12.5 Å². The van der Waals surface area contributed by atoms with Gasteiger partial charge in [-0.15, -0.1) is 0 Å². The molecule has 43 heavy (non-hydrogen) atoms. The quantitative estimate of drug-likeness (QED) is 0.0879. The molecule has 0 radical (unpaired) electrons. The Hall–Kier alpha value is -4.08. The Morgan fingerprint density at radius 1 is 1.07 bits per heavy atom. The molecular weight excluding hydrogens is 573 g/mol. The molecular formula is C28H37F3N6O6. The number of rotatable bonds is 12. The highest BCUT2D eigenvalue weighted by atomic mass is 19.4. The van der Waals surface area contributed by atoms with Gasteiger partial charge in [-0.25, -0.2) is 0 Å². The summed E-state index contributed by atoms with van der Waals surface area (Å²) in [5.41, 5.74) is 13.0. The standard InChI is InChI=1S/C28H37F3N6O6/c1-2-42-20-10-8-17(9-11-20)16-21(32)24(39)35-22(23(38)18-6-4-3-5-7-18)25(40)34-19-12-14-37(15-13-19)27(33)36-43-26(41)28(29,30)31/h3-11,19,21-23,26,38,41H,2,12-16,32H2,1H3,(H2,33,36)(H,34,40)(H,35,39)/t21-,22+,23-,26?/m1/s1. The minimum Gasteiger partial charge on any atom is -0.494 e. The summed E-state index contributed by atoms with van der Waals surface area (Å²) in [7, 11) is 0. The zero-order chi connectivity index (χ0) is 31.6. The zero-order valence-electron chi connectivity index (χ0n) is 23.5. The molecule has 1 aliphatic heterocycles. The summed E-state index contributed by atoms with van der Waals surface area (Å²) in [4.78, 5) is 31.9. The van der Waals surface area contributed by atoms with E-state index in [1.165, 1.54) is 4.90 Å². The average molecular weight is 611 g/mol. The molecule has 1 fully saturated rings. The molecule has 2 aromatic rings. The third-order valence-corrected chi connectivity index (χ3v) is 6.76. The number of nitrogens with one attached hydrogen (secondary N) is 2. The number of nitrogens with two attached hydrogens (primary N) is 2. The van der Waals surface area contributed by atoms with Crippen LogP contribution in [0.3, 0.4) is 0 Å². The van der Waals surface area contributed by atoms with Crippen molar-refractivity contribution in [3.63, 3.8) is 0 Å². The van der Waals surface area contributed by atoms with Crippen LogP contribution in [0.4, 0.5) is 13.2 Å². The fourth-order valence-electron chi connectivity index (χ4n) is 4.39. The van der Waals surface area contributed by atoms with Crippen molar-refractivity contribution in [3.05, 3.63) is 65.7 Å². The van der Waals surface area contributed by atoms with E-state index in [0.29, 0.717) is 30.8 Å². The van der Waals surface area contributed by atoms with Crippen LogP contribution in [-0.4, -0.2) is 83.2 Å². The number of carbonyl (C=O) groups excluding carboxylic acids is 2. The second-order valence-corrected chi connectivity index (χ2v) is 9.95. The summed E-state index contributed by atoms with van der Waals surface area (Å²) in [6.07, 6.45) is -8.69. The first-order valence-electron chi connectivity index (χ1n) is 13.7. The second-order valence-electron chi connectivity index (χ2n) is 9.95. The van der Waals surface area contributed by atoms with Crippen LogP contribution in [0.15, 0.2) is 59.8 Å². The predicted molar refractivity (Wildman–Crippen MR) is 150 cm³/mol. The molecule has 0 bridgehead atoms. The SMILES string of the molecule is CCOc1ccc(C[C@@H](N)C(=O)N[C@H](C(=O)NC2CCN(/C(N)=N/OC(O)C(F)(F)F)CC2)[C@H](O)c2ccccc2)cc1. The summed E-state index contributed by atoms with van der Waals surface area (Å²) < 4.78 is 42.6. The van der Waals surface area contributed by atoms with Gasteiger partial charge in [-0.2, -0.15) is 13.2 Å². The number of carbonyl (C=O) groups is 2. The number of nitrogens with zero attached hydrogens (tertiary/aromatic N) is 2. The van der Waals surface area contributed by atoms with Crippen molar-refractivity contribution in [3.8, 4) is 5.75 Å². The molecule has 1 heterocycles. The Labute approximate surface area is 246 Å². The molecule has 1 unspecified atom stereocenters. The van der Waals surface area contributed by atoms with Gasteiger partial charge in [-0.1, -0.05) is 42.5 Å². The van der Waals surface area contributed by atoms with E-state index in [0.717, 1.165) is 5.56 Å². The summed E-state index contributed by atoms with van der Waals surface area (Å²) in [5, 5.41) is 28.5. The lowest BCUT2D eigenvalue weighted by molar-refractivity contribution is -0.294. The van der Waals surface area contributed by atoms with Crippen LogP contribution >= 0.6 is 0 Å². The number of halogens is 3. The molecule has 1 saturated heterocycles. The van der Waals surface area contributed by atoms with Crippen LogP contribution in [0.25, 0.3) is 0 Å². The van der Waals surface area contributed by atoms with Gasteiger partial charge in [0, 0.05) is 19.1 Å². The Morgan fingerprint density at radius 2 is 1.70 bits per heavy atom. The zero-order valence-corrected chi connectivity index (χ0v) is 23.5. The Kier molecular flexibility index (Phi) is 12.0. The van der Waals surface area contributed by atoms with Gasteiger partial charge in [0.1, 0.15) is 17.9 Å². The van der Waals surface area contributed by atoms with Gasteiger partial charge in [0.15, 0.2) is 0 Å². The Morgan fingerprint density at radius 3 is 2.28 bits per heavy atom. The molecule has 8 N–H and O–H groups in total. The number of ether oxygens (including phenoxy) is 1. The van der Waals surface area contributed by atoms with Gasteiger partial charge in [0.05, 0.1) is 12.6 Å². The monoisotopic (exact) mass is 610 g/mol. The number of aliphatic hydroxyl groups is 2. The van der Waals surface area contributed by atoms with Crippen LogP contribution in [0.1, 0.15) is 37.0 Å². The first-order chi connectivity index (χ1) is 20.4. The van der Waals surface area contributed by atoms with Crippen LogP contribution in [0.2, 0.25) is 0 Å². The fourth-order valence-corrected chi connectivity index (χ4v) is 4.39. The number of benzene rings is 2. The first-order valence-corrected chi connectivity index (χ1v) is 13.7. The van der Waals surface area contributed by atoms with E-state index in [9.17, 15) is 27.9 Å². The minimum atomic E-state index is -5.02. The molecule has 15 heteroatoms. The molecule has 0 aromatic heterocycles. The van der Waals surface area contributed by atoms with Crippen molar-refractivity contribution in [1.29, 1.82) is 0 Å². The molecule has 236 valence electrons. The van der Waals surface area contributed by atoms with E-state index in [-0.39, 0.29) is 25.5 Å². The van der Waals surface area contributed by atoms with Gasteiger partial charge in [0.2, 0.25) is 17.8 Å². The number of oxime groups is 1. The molecule has 4 atom stereocenters. The number of piperidine rings is 1. The van der Waals surface area contributed by atoms with Gasteiger partial charge in [-0.3, -0.25) is 9.59 Å². The molecule has 2 aromatic carbocycles. The first kappa shape index (κ1) is 33.4. The number of aliphatic hydroxyl groups excluding tert-OH is 2. The molecule has 3 rings (SSSR count). The van der Waals surface area contributed by atoms with Crippen molar-refractivity contribution in [2.45, 2.75) is 62.9 Å². The Bertz CT molecular complexity index is 1210. The van der Waals surface area contributed by atoms with E-state index >= 15 is 0 Å². The van der Waals surface area contributed by atoms with Crippen LogP contribution < -0.4 is 26.8 Å². The van der Waals surface area contributed by atoms with Crippen LogP contribution in [-0.2, 0) is 20.8 Å². The largest absolute Gasteiger partial charge is 0.494 e. The minimum absolute atomic E-state index is 0.180. The highest BCUT2D eigenvalue weighted by Crippen LogP contribution is 2.22. The highest BCUT2D eigenvalue weighted by molar-refractivity contribution is 5.90. The third-order valence-electron chi connectivity index (χ3n) is 6.76. The van der Waals surface area contributed by atoms with Crippen molar-refractivity contribution < 1.29 is 42.5 Å². The molecule has 1 aliphatic rings. The lowest BCUT2D eigenvalue weighted by Gasteiger charge is -2.34. The van der Waals surface area contributed by atoms with Crippen LogP contribution in [0.5, 0.6) is 5.75 Å². The number of alkyl halides is 3. The smallest absolute Gasteiger partial charge is 0.454 e. The maximum atomic E-state index is 13.4. The lowest BCUT2D eigenvalue weighted by atomic mass is 9.98. The fraction of sp³-hybridized carbons (Fsp3) is 0.464. The predicted octanol–water partition coefficient (Wildman–Crippen LogP) is 0.881. The number of hydrogen-bond acceptors (Lipinski definition) is 8. The molecule has 12 nitrogen and oxygen atoms in total. The Balaban J connectivity index is 1.62. The third kappa shape index (κ3) is 10.0. The van der Waals surface area contributed by atoms with Crippen molar-refractivity contribution >= 4 is 17.8 Å². The van der Waals surface area contributed by atoms with E-state index in [1.54, 1.807) is 54.6 Å². The van der Waals surface area contributed by atoms with Crippen molar-refractivity contribution in [1.82, 2.24) is 15.5 Å². The number of hydrogen-bond donors (Lipinski definition) is 6. The normalized spacial score (nSPS) is 17.4. The highest BCUT2D eigenvalue weighted by Gasteiger charge is 2.41. The number of guanidine groups is 1. The van der Waals surface area contributed by atoms with E-state index in [2.05, 4.69) is 20.6 Å². The summed E-state index contributed by atoms with van der Waals surface area (Å²) in [6, 6.07) is 12.7.